The van der Waals surface area contributed by atoms with Crippen molar-refractivity contribution in [3.05, 3.63) is 35.4 Å². The van der Waals surface area contributed by atoms with Gasteiger partial charge in [0, 0.05) is 46.4 Å². The summed E-state index contributed by atoms with van der Waals surface area (Å²) in [6, 6.07) is 8.79. The number of morpholine rings is 1. The summed E-state index contributed by atoms with van der Waals surface area (Å²) in [6.45, 7) is 10.9. The Balaban J connectivity index is 0.00000300. The number of halogens is 1. The Kier molecular flexibility index (Phi) is 11.3. The number of rotatable bonds is 10. The molecule has 1 saturated heterocycles. The highest BCUT2D eigenvalue weighted by atomic mass is 127. The molecule has 164 valence electrons. The van der Waals surface area contributed by atoms with Gasteiger partial charge in [0.25, 0.3) is 0 Å². The zero-order valence-electron chi connectivity index (χ0n) is 17.9. The van der Waals surface area contributed by atoms with Gasteiger partial charge in [-0.15, -0.1) is 24.0 Å². The Hall–Kier alpha value is -0.900. The molecule has 1 heterocycles. The first-order chi connectivity index (χ1) is 13.7. The summed E-state index contributed by atoms with van der Waals surface area (Å²) >= 11 is 0. The van der Waals surface area contributed by atoms with Crippen LogP contribution in [0.2, 0.25) is 0 Å². The number of benzene rings is 1. The van der Waals surface area contributed by atoms with Crippen molar-refractivity contribution in [2.45, 2.75) is 32.9 Å². The van der Waals surface area contributed by atoms with E-state index in [1.165, 1.54) is 24.0 Å². The second kappa shape index (κ2) is 13.4. The van der Waals surface area contributed by atoms with Crippen LogP contribution in [0.25, 0.3) is 0 Å². The monoisotopic (exact) mass is 516 g/mol. The fourth-order valence-corrected chi connectivity index (χ4v) is 3.32. The third-order valence-electron chi connectivity index (χ3n) is 5.23. The van der Waals surface area contributed by atoms with Crippen molar-refractivity contribution < 1.29 is 9.47 Å². The SMILES string of the molecule is CCNC(=NCc1cccc(CN2CCOCC2)c1)N(C)CCOCC1CC1.I. The molecule has 1 saturated carbocycles. The number of hydrogen-bond donors (Lipinski definition) is 1. The summed E-state index contributed by atoms with van der Waals surface area (Å²) in [5.41, 5.74) is 2.60. The molecule has 0 atom stereocenters. The highest BCUT2D eigenvalue weighted by molar-refractivity contribution is 14.0. The molecule has 1 aliphatic heterocycles. The van der Waals surface area contributed by atoms with E-state index < -0.39 is 0 Å². The average molecular weight is 516 g/mol. The number of hydrogen-bond acceptors (Lipinski definition) is 4. The summed E-state index contributed by atoms with van der Waals surface area (Å²) in [7, 11) is 2.08. The minimum Gasteiger partial charge on any atom is -0.379 e. The number of guanidine groups is 1. The average Bonchev–Trinajstić information content (AvgIpc) is 3.54. The molecule has 1 N–H and O–H groups in total. The van der Waals surface area contributed by atoms with E-state index in [2.05, 4.69) is 53.4 Å². The van der Waals surface area contributed by atoms with Gasteiger partial charge in [-0.05, 0) is 36.8 Å². The third-order valence-corrected chi connectivity index (χ3v) is 5.23. The summed E-state index contributed by atoms with van der Waals surface area (Å²) in [4.78, 5) is 9.45. The highest BCUT2D eigenvalue weighted by Gasteiger charge is 2.21. The summed E-state index contributed by atoms with van der Waals surface area (Å²) in [5.74, 6) is 1.76. The fourth-order valence-electron chi connectivity index (χ4n) is 3.32. The largest absolute Gasteiger partial charge is 0.379 e. The molecule has 2 aliphatic rings. The van der Waals surface area contributed by atoms with E-state index in [-0.39, 0.29) is 24.0 Å². The van der Waals surface area contributed by atoms with Gasteiger partial charge in [0.05, 0.1) is 26.4 Å². The maximum absolute atomic E-state index is 5.77. The molecule has 0 unspecified atom stereocenters. The van der Waals surface area contributed by atoms with Crippen LogP contribution in [-0.4, -0.2) is 75.4 Å². The maximum atomic E-state index is 5.77. The molecule has 1 aliphatic carbocycles. The second-order valence-corrected chi connectivity index (χ2v) is 7.82. The van der Waals surface area contributed by atoms with E-state index in [0.717, 1.165) is 71.0 Å². The molecule has 0 spiro atoms. The minimum absolute atomic E-state index is 0. The first kappa shape index (κ1) is 24.4. The lowest BCUT2D eigenvalue weighted by Gasteiger charge is -2.26. The predicted molar refractivity (Wildman–Crippen MR) is 129 cm³/mol. The van der Waals surface area contributed by atoms with E-state index in [0.29, 0.717) is 6.54 Å². The predicted octanol–water partition coefficient (Wildman–Crippen LogP) is 2.96. The molecule has 0 amide bonds. The summed E-state index contributed by atoms with van der Waals surface area (Å²) < 4.78 is 11.2. The number of likely N-dealkylation sites (N-methyl/N-ethyl adjacent to an activating group) is 1. The van der Waals surface area contributed by atoms with Gasteiger partial charge in [-0.3, -0.25) is 4.90 Å². The molecular formula is C22H37IN4O2. The van der Waals surface area contributed by atoms with Gasteiger partial charge in [0.2, 0.25) is 0 Å². The van der Waals surface area contributed by atoms with Crippen molar-refractivity contribution >= 4 is 29.9 Å². The normalized spacial score (nSPS) is 17.7. The number of ether oxygens (including phenoxy) is 2. The Morgan fingerprint density at radius 2 is 2.03 bits per heavy atom. The number of aliphatic imine (C=N–C) groups is 1. The Morgan fingerprint density at radius 1 is 1.28 bits per heavy atom. The number of nitrogens with zero attached hydrogens (tertiary/aromatic N) is 3. The molecule has 2 fully saturated rings. The van der Waals surface area contributed by atoms with Crippen molar-refractivity contribution in [3.8, 4) is 0 Å². The van der Waals surface area contributed by atoms with Crippen LogP contribution in [-0.2, 0) is 22.6 Å². The standard InChI is InChI=1S/C22H36N4O2.HI/c1-3-23-22(25(2)9-12-28-18-19-7-8-19)24-16-20-5-4-6-21(15-20)17-26-10-13-27-14-11-26;/h4-6,15,19H,3,7-14,16-18H2,1-2H3,(H,23,24);1H. The van der Waals surface area contributed by atoms with Crippen molar-refractivity contribution in [1.29, 1.82) is 0 Å². The van der Waals surface area contributed by atoms with Crippen LogP contribution in [0, 0.1) is 5.92 Å². The fraction of sp³-hybridized carbons (Fsp3) is 0.682. The zero-order chi connectivity index (χ0) is 19.6. The molecule has 0 radical (unpaired) electrons. The van der Waals surface area contributed by atoms with Gasteiger partial charge in [-0.2, -0.15) is 0 Å². The van der Waals surface area contributed by atoms with Gasteiger partial charge in [0.1, 0.15) is 0 Å². The van der Waals surface area contributed by atoms with Crippen LogP contribution in [0.4, 0.5) is 0 Å². The summed E-state index contributed by atoms with van der Waals surface area (Å²) in [5, 5.41) is 3.39. The molecule has 0 bridgehead atoms. The molecule has 6 nitrogen and oxygen atoms in total. The lowest BCUT2D eigenvalue weighted by atomic mass is 10.1. The van der Waals surface area contributed by atoms with Crippen LogP contribution >= 0.6 is 24.0 Å². The van der Waals surface area contributed by atoms with Gasteiger partial charge >= 0.3 is 0 Å². The lowest BCUT2D eigenvalue weighted by Crippen LogP contribution is -2.40. The van der Waals surface area contributed by atoms with E-state index in [1.807, 2.05) is 0 Å². The van der Waals surface area contributed by atoms with Crippen LogP contribution in [0.15, 0.2) is 29.3 Å². The zero-order valence-corrected chi connectivity index (χ0v) is 20.3. The van der Waals surface area contributed by atoms with Crippen LogP contribution in [0.1, 0.15) is 30.9 Å². The van der Waals surface area contributed by atoms with E-state index in [9.17, 15) is 0 Å². The number of nitrogens with one attached hydrogen (secondary N) is 1. The Labute approximate surface area is 193 Å². The minimum atomic E-state index is 0. The van der Waals surface area contributed by atoms with Crippen molar-refractivity contribution in [2.24, 2.45) is 10.9 Å². The smallest absolute Gasteiger partial charge is 0.194 e. The summed E-state index contributed by atoms with van der Waals surface area (Å²) in [6.07, 6.45) is 2.68. The first-order valence-electron chi connectivity index (χ1n) is 10.7. The van der Waals surface area contributed by atoms with Crippen molar-refractivity contribution in [2.75, 3.05) is 59.7 Å². The molecule has 0 aromatic heterocycles. The van der Waals surface area contributed by atoms with Gasteiger partial charge in [0.15, 0.2) is 5.96 Å². The van der Waals surface area contributed by atoms with E-state index in [4.69, 9.17) is 14.5 Å². The molecule has 1 aromatic carbocycles. The molecule has 29 heavy (non-hydrogen) atoms. The van der Waals surface area contributed by atoms with Gasteiger partial charge < -0.3 is 19.7 Å². The van der Waals surface area contributed by atoms with Gasteiger partial charge in [-0.1, -0.05) is 24.3 Å². The molecule has 1 aromatic rings. The first-order valence-corrected chi connectivity index (χ1v) is 10.7. The second-order valence-electron chi connectivity index (χ2n) is 7.82. The molecule has 7 heteroatoms. The van der Waals surface area contributed by atoms with Gasteiger partial charge in [-0.25, -0.2) is 4.99 Å². The van der Waals surface area contributed by atoms with Crippen LogP contribution < -0.4 is 5.32 Å². The maximum Gasteiger partial charge on any atom is 0.194 e. The van der Waals surface area contributed by atoms with E-state index in [1.54, 1.807) is 0 Å². The van der Waals surface area contributed by atoms with Crippen LogP contribution in [0.5, 0.6) is 0 Å². The van der Waals surface area contributed by atoms with Crippen LogP contribution in [0.3, 0.4) is 0 Å². The van der Waals surface area contributed by atoms with Crippen molar-refractivity contribution in [3.63, 3.8) is 0 Å². The quantitative estimate of drug-likeness (QED) is 0.224. The Morgan fingerprint density at radius 3 is 2.76 bits per heavy atom. The topological polar surface area (TPSA) is 49.3 Å². The lowest BCUT2D eigenvalue weighted by molar-refractivity contribution is 0.0342. The molecule has 3 rings (SSSR count). The Bertz CT molecular complexity index is 619. The third kappa shape index (κ3) is 9.19. The highest BCUT2D eigenvalue weighted by Crippen LogP contribution is 2.28. The van der Waals surface area contributed by atoms with Crippen molar-refractivity contribution in [1.82, 2.24) is 15.1 Å². The molecular weight excluding hydrogens is 479 g/mol. The van der Waals surface area contributed by atoms with E-state index >= 15 is 0 Å².